The van der Waals surface area contributed by atoms with Crippen molar-refractivity contribution in [3.63, 3.8) is 0 Å². The Kier molecular flexibility index (Phi) is 1.31. The topological polar surface area (TPSA) is 20.2 Å². The molecule has 3 atom stereocenters. The van der Waals surface area contributed by atoms with Crippen LogP contribution in [0.1, 0.15) is 39.0 Å². The Labute approximate surface area is 62.4 Å². The lowest BCUT2D eigenvalue weighted by molar-refractivity contribution is 0.0919. The molecule has 0 heterocycles. The summed E-state index contributed by atoms with van der Waals surface area (Å²) in [4.78, 5) is 0. The van der Waals surface area contributed by atoms with E-state index in [1.807, 2.05) is 0 Å². The number of aliphatic hydroxyl groups is 1. The summed E-state index contributed by atoms with van der Waals surface area (Å²) >= 11 is 0. The van der Waals surface area contributed by atoms with Gasteiger partial charge in [0, 0.05) is 0 Å². The van der Waals surface area contributed by atoms with E-state index in [2.05, 4.69) is 6.92 Å². The molecule has 2 fully saturated rings. The molecule has 0 radical (unpaired) electrons. The summed E-state index contributed by atoms with van der Waals surface area (Å²) in [6, 6.07) is 0. The van der Waals surface area contributed by atoms with Crippen molar-refractivity contribution in [3.05, 3.63) is 0 Å². The average molecular weight is 140 g/mol. The van der Waals surface area contributed by atoms with E-state index < -0.39 is 0 Å². The van der Waals surface area contributed by atoms with Crippen molar-refractivity contribution < 1.29 is 5.11 Å². The fraction of sp³-hybridized carbons (Fsp3) is 1.00. The molecule has 0 aromatic carbocycles. The van der Waals surface area contributed by atoms with Crippen LogP contribution in [-0.4, -0.2) is 11.2 Å². The third kappa shape index (κ3) is 0.731. The minimum atomic E-state index is 0.0497. The van der Waals surface area contributed by atoms with Crippen molar-refractivity contribution in [2.45, 2.75) is 45.1 Å². The van der Waals surface area contributed by atoms with Crippen LogP contribution in [0.25, 0.3) is 0 Å². The standard InChI is InChI=1S/C9H16O/c1-2-9-5-3-4-8(10)7(9)6-9/h7-8,10H,2-6H2,1H3/t7-,8+,9-/m0/s1. The maximum atomic E-state index is 9.52. The molecule has 0 aliphatic heterocycles. The summed E-state index contributed by atoms with van der Waals surface area (Å²) < 4.78 is 0. The van der Waals surface area contributed by atoms with Crippen molar-refractivity contribution in [1.82, 2.24) is 0 Å². The smallest absolute Gasteiger partial charge is 0.0573 e. The second-order valence-electron chi connectivity index (χ2n) is 3.99. The zero-order valence-electron chi connectivity index (χ0n) is 6.64. The normalized spacial score (nSPS) is 52.2. The van der Waals surface area contributed by atoms with Gasteiger partial charge in [-0.05, 0) is 30.6 Å². The van der Waals surface area contributed by atoms with Gasteiger partial charge in [-0.15, -0.1) is 0 Å². The Bertz CT molecular complexity index is 144. The van der Waals surface area contributed by atoms with Crippen molar-refractivity contribution in [1.29, 1.82) is 0 Å². The van der Waals surface area contributed by atoms with Crippen molar-refractivity contribution in [2.75, 3.05) is 0 Å². The quantitative estimate of drug-likeness (QED) is 0.590. The van der Waals surface area contributed by atoms with E-state index in [-0.39, 0.29) is 6.10 Å². The molecular formula is C9H16O. The Morgan fingerprint density at radius 3 is 3.00 bits per heavy atom. The predicted octanol–water partition coefficient (Wildman–Crippen LogP) is 1.95. The molecule has 0 aromatic rings. The van der Waals surface area contributed by atoms with Gasteiger partial charge >= 0.3 is 0 Å². The molecule has 10 heavy (non-hydrogen) atoms. The van der Waals surface area contributed by atoms with Crippen molar-refractivity contribution >= 4 is 0 Å². The lowest BCUT2D eigenvalue weighted by Crippen LogP contribution is -2.20. The SMILES string of the molecule is CC[C@@]12CCC[C@@H](O)[C@@H]1C2. The van der Waals surface area contributed by atoms with Gasteiger partial charge in [0.15, 0.2) is 0 Å². The molecule has 1 heteroatoms. The van der Waals surface area contributed by atoms with E-state index in [4.69, 9.17) is 0 Å². The summed E-state index contributed by atoms with van der Waals surface area (Å²) in [6.45, 7) is 2.26. The van der Waals surface area contributed by atoms with Gasteiger partial charge in [0.2, 0.25) is 0 Å². The zero-order valence-corrected chi connectivity index (χ0v) is 6.64. The molecule has 1 nitrogen and oxygen atoms in total. The highest BCUT2D eigenvalue weighted by Gasteiger charge is 2.56. The van der Waals surface area contributed by atoms with Gasteiger partial charge in [0.25, 0.3) is 0 Å². The molecule has 2 saturated carbocycles. The molecule has 58 valence electrons. The zero-order chi connectivity index (χ0) is 7.19. The number of hydrogen-bond donors (Lipinski definition) is 1. The predicted molar refractivity (Wildman–Crippen MR) is 40.7 cm³/mol. The van der Waals surface area contributed by atoms with Gasteiger partial charge in [0.05, 0.1) is 6.10 Å². The summed E-state index contributed by atoms with van der Waals surface area (Å²) in [5, 5.41) is 9.52. The first-order chi connectivity index (χ1) is 4.78. The fourth-order valence-electron chi connectivity index (χ4n) is 2.66. The molecule has 0 aromatic heterocycles. The lowest BCUT2D eigenvalue weighted by Gasteiger charge is -2.23. The van der Waals surface area contributed by atoms with Crippen LogP contribution in [0.5, 0.6) is 0 Å². The summed E-state index contributed by atoms with van der Waals surface area (Å²) in [6.07, 6.45) is 6.34. The largest absolute Gasteiger partial charge is 0.393 e. The maximum absolute atomic E-state index is 9.52. The van der Waals surface area contributed by atoms with E-state index in [1.165, 1.54) is 25.7 Å². The molecule has 0 amide bonds. The molecule has 0 unspecified atom stereocenters. The van der Waals surface area contributed by atoms with Crippen molar-refractivity contribution in [2.24, 2.45) is 11.3 Å². The van der Waals surface area contributed by atoms with Gasteiger partial charge in [-0.2, -0.15) is 0 Å². The number of hydrogen-bond acceptors (Lipinski definition) is 1. The number of aliphatic hydroxyl groups excluding tert-OH is 1. The van der Waals surface area contributed by atoms with Crippen LogP contribution in [0.3, 0.4) is 0 Å². The summed E-state index contributed by atoms with van der Waals surface area (Å²) in [7, 11) is 0. The molecule has 0 saturated heterocycles. The molecular weight excluding hydrogens is 124 g/mol. The van der Waals surface area contributed by atoms with Crippen LogP contribution in [0.4, 0.5) is 0 Å². The molecule has 2 rings (SSSR count). The first-order valence-electron chi connectivity index (χ1n) is 4.46. The van der Waals surface area contributed by atoms with Crippen LogP contribution < -0.4 is 0 Å². The summed E-state index contributed by atoms with van der Waals surface area (Å²) in [5.74, 6) is 0.686. The van der Waals surface area contributed by atoms with Crippen LogP contribution in [0.2, 0.25) is 0 Å². The fourth-order valence-corrected chi connectivity index (χ4v) is 2.66. The molecule has 0 bridgehead atoms. The first kappa shape index (κ1) is 6.66. The molecule has 1 N–H and O–H groups in total. The Morgan fingerprint density at radius 1 is 1.60 bits per heavy atom. The van der Waals surface area contributed by atoms with E-state index >= 15 is 0 Å². The van der Waals surface area contributed by atoms with E-state index in [0.29, 0.717) is 11.3 Å². The van der Waals surface area contributed by atoms with Gasteiger partial charge in [0.1, 0.15) is 0 Å². The third-order valence-corrected chi connectivity index (χ3v) is 3.60. The lowest BCUT2D eigenvalue weighted by atomic mass is 9.85. The van der Waals surface area contributed by atoms with Gasteiger partial charge in [-0.1, -0.05) is 19.8 Å². The van der Waals surface area contributed by atoms with Gasteiger partial charge < -0.3 is 5.11 Å². The van der Waals surface area contributed by atoms with Crippen molar-refractivity contribution in [3.8, 4) is 0 Å². The van der Waals surface area contributed by atoms with Gasteiger partial charge in [-0.25, -0.2) is 0 Å². The number of rotatable bonds is 1. The molecule has 2 aliphatic carbocycles. The Morgan fingerprint density at radius 2 is 2.40 bits per heavy atom. The minimum Gasteiger partial charge on any atom is -0.393 e. The number of fused-ring (bicyclic) bond motifs is 1. The van der Waals surface area contributed by atoms with Crippen LogP contribution in [0, 0.1) is 11.3 Å². The van der Waals surface area contributed by atoms with Crippen LogP contribution >= 0.6 is 0 Å². The third-order valence-electron chi connectivity index (χ3n) is 3.60. The monoisotopic (exact) mass is 140 g/mol. The Hall–Kier alpha value is -0.0400. The maximum Gasteiger partial charge on any atom is 0.0573 e. The molecule has 0 spiro atoms. The van der Waals surface area contributed by atoms with E-state index in [9.17, 15) is 5.11 Å². The second kappa shape index (κ2) is 1.97. The van der Waals surface area contributed by atoms with E-state index in [0.717, 1.165) is 6.42 Å². The van der Waals surface area contributed by atoms with Gasteiger partial charge in [-0.3, -0.25) is 0 Å². The van der Waals surface area contributed by atoms with E-state index in [1.54, 1.807) is 0 Å². The Balaban J connectivity index is 2.05. The highest BCUT2D eigenvalue weighted by atomic mass is 16.3. The first-order valence-corrected chi connectivity index (χ1v) is 4.46. The highest BCUT2D eigenvalue weighted by molar-refractivity contribution is 5.06. The second-order valence-corrected chi connectivity index (χ2v) is 3.99. The highest BCUT2D eigenvalue weighted by Crippen LogP contribution is 2.63. The van der Waals surface area contributed by atoms with Crippen LogP contribution in [-0.2, 0) is 0 Å². The van der Waals surface area contributed by atoms with Crippen LogP contribution in [0.15, 0.2) is 0 Å². The minimum absolute atomic E-state index is 0.0497. The summed E-state index contributed by atoms with van der Waals surface area (Å²) in [5.41, 5.74) is 0.609. The average Bonchev–Trinajstić information content (AvgIpc) is 2.65. The molecule has 2 aliphatic rings.